The maximum Gasteiger partial charge on any atom is 0.335 e. The van der Waals surface area contributed by atoms with E-state index in [2.05, 4.69) is 0 Å². The molecule has 1 aromatic carbocycles. The molecule has 4 nitrogen and oxygen atoms in total. The quantitative estimate of drug-likeness (QED) is 0.849. The minimum atomic E-state index is -0.911. The lowest BCUT2D eigenvalue weighted by atomic mass is 9.98. The summed E-state index contributed by atoms with van der Waals surface area (Å²) in [5.74, 6) is -0.525. The van der Waals surface area contributed by atoms with Crippen molar-refractivity contribution in [2.24, 2.45) is 5.92 Å². The van der Waals surface area contributed by atoms with Gasteiger partial charge in [-0.2, -0.15) is 0 Å². The van der Waals surface area contributed by atoms with Gasteiger partial charge >= 0.3 is 5.97 Å². The monoisotopic (exact) mass is 287 g/mol. The lowest BCUT2D eigenvalue weighted by molar-refractivity contribution is -0.122. The number of amides is 1. The number of carbonyl (C=O) groups is 2. The minimum absolute atomic E-state index is 0.151. The van der Waals surface area contributed by atoms with Crippen molar-refractivity contribution in [3.8, 4) is 0 Å². The van der Waals surface area contributed by atoms with Gasteiger partial charge < -0.3 is 10.0 Å². The average molecular weight is 287 g/mol. The number of hydrogen-bond donors (Lipinski definition) is 1. The van der Waals surface area contributed by atoms with Crippen molar-refractivity contribution < 1.29 is 14.7 Å². The molecule has 0 unspecified atom stereocenters. The molecule has 0 bridgehead atoms. The summed E-state index contributed by atoms with van der Waals surface area (Å²) < 4.78 is 0. The number of aromatic carboxylic acids is 1. The zero-order valence-electron chi connectivity index (χ0n) is 12.2. The van der Waals surface area contributed by atoms with Gasteiger partial charge in [0.25, 0.3) is 0 Å². The first-order valence-corrected chi connectivity index (χ1v) is 7.84. The van der Waals surface area contributed by atoms with Crippen molar-refractivity contribution in [3.63, 3.8) is 0 Å². The van der Waals surface area contributed by atoms with Crippen LogP contribution in [-0.2, 0) is 11.2 Å². The number of carbonyl (C=O) groups excluding carboxylic acids is 1. The molecule has 1 aliphatic heterocycles. The number of carboxylic acids is 1. The number of benzene rings is 1. The number of anilines is 1. The van der Waals surface area contributed by atoms with Gasteiger partial charge in [0.05, 0.1) is 5.56 Å². The molecule has 1 aliphatic carbocycles. The topological polar surface area (TPSA) is 57.6 Å². The standard InChI is InChI=1S/C17H21NO3/c19-16(12-5-3-1-2-4-6-12)18-10-9-13-11-14(17(20)21)7-8-15(13)18/h7-8,11-12H,1-6,9-10H2,(H,20,21). The first-order chi connectivity index (χ1) is 10.2. The van der Waals surface area contributed by atoms with Crippen LogP contribution in [0.25, 0.3) is 0 Å². The van der Waals surface area contributed by atoms with Crippen LogP contribution in [0.2, 0.25) is 0 Å². The Kier molecular flexibility index (Phi) is 3.95. The second-order valence-electron chi connectivity index (χ2n) is 6.08. The highest BCUT2D eigenvalue weighted by Gasteiger charge is 2.30. The van der Waals surface area contributed by atoms with Gasteiger partial charge in [0.1, 0.15) is 0 Å². The molecule has 0 radical (unpaired) electrons. The molecular weight excluding hydrogens is 266 g/mol. The van der Waals surface area contributed by atoms with Crippen LogP contribution in [0.3, 0.4) is 0 Å². The van der Waals surface area contributed by atoms with E-state index < -0.39 is 5.97 Å². The third-order valence-corrected chi connectivity index (χ3v) is 4.69. The second-order valence-corrected chi connectivity index (χ2v) is 6.08. The first kappa shape index (κ1) is 14.1. The van der Waals surface area contributed by atoms with Crippen LogP contribution in [0.4, 0.5) is 5.69 Å². The molecule has 1 fully saturated rings. The van der Waals surface area contributed by atoms with Crippen molar-refractivity contribution >= 4 is 17.6 Å². The SMILES string of the molecule is O=C(O)c1ccc2c(c1)CCN2C(=O)C1CCCCCC1. The van der Waals surface area contributed by atoms with Gasteiger partial charge in [-0.3, -0.25) is 4.79 Å². The predicted octanol–water partition coefficient (Wildman–Crippen LogP) is 3.24. The fourth-order valence-electron chi connectivity index (χ4n) is 3.51. The van der Waals surface area contributed by atoms with E-state index in [1.165, 1.54) is 12.8 Å². The minimum Gasteiger partial charge on any atom is -0.478 e. The Hall–Kier alpha value is -1.84. The predicted molar refractivity (Wildman–Crippen MR) is 80.7 cm³/mol. The summed E-state index contributed by atoms with van der Waals surface area (Å²) in [5.41, 5.74) is 2.20. The van der Waals surface area contributed by atoms with Crippen LogP contribution >= 0.6 is 0 Å². The van der Waals surface area contributed by atoms with E-state index in [0.29, 0.717) is 12.1 Å². The summed E-state index contributed by atoms with van der Waals surface area (Å²) >= 11 is 0. The Morgan fingerprint density at radius 2 is 1.81 bits per heavy atom. The van der Waals surface area contributed by atoms with E-state index in [1.807, 2.05) is 4.90 Å². The Morgan fingerprint density at radius 3 is 2.48 bits per heavy atom. The fraction of sp³-hybridized carbons (Fsp3) is 0.529. The Balaban J connectivity index is 1.80. The lowest BCUT2D eigenvalue weighted by Crippen LogP contribution is -2.34. The van der Waals surface area contributed by atoms with Crippen molar-refractivity contribution in [2.75, 3.05) is 11.4 Å². The molecule has 0 aromatic heterocycles. The molecule has 0 spiro atoms. The van der Waals surface area contributed by atoms with Crippen LogP contribution < -0.4 is 4.90 Å². The Bertz CT molecular complexity index is 559. The summed E-state index contributed by atoms with van der Waals surface area (Å²) in [6.45, 7) is 0.688. The summed E-state index contributed by atoms with van der Waals surface area (Å²) in [6.07, 6.45) is 7.53. The van der Waals surface area contributed by atoms with Crippen LogP contribution in [0.5, 0.6) is 0 Å². The molecule has 2 aliphatic rings. The van der Waals surface area contributed by atoms with E-state index in [1.54, 1.807) is 18.2 Å². The smallest absolute Gasteiger partial charge is 0.335 e. The molecule has 112 valence electrons. The third-order valence-electron chi connectivity index (χ3n) is 4.69. The second kappa shape index (κ2) is 5.88. The molecule has 0 atom stereocenters. The summed E-state index contributed by atoms with van der Waals surface area (Å²) in [6, 6.07) is 5.10. The van der Waals surface area contributed by atoms with Crippen molar-refractivity contribution in [3.05, 3.63) is 29.3 Å². The van der Waals surface area contributed by atoms with Crippen molar-refractivity contribution in [1.82, 2.24) is 0 Å². The van der Waals surface area contributed by atoms with Crippen LogP contribution in [0, 0.1) is 5.92 Å². The van der Waals surface area contributed by atoms with Gasteiger partial charge in [0.15, 0.2) is 0 Å². The number of nitrogens with zero attached hydrogens (tertiary/aromatic N) is 1. The van der Waals surface area contributed by atoms with Gasteiger partial charge in [-0.05, 0) is 43.0 Å². The molecule has 3 rings (SSSR count). The van der Waals surface area contributed by atoms with Crippen LogP contribution in [-0.4, -0.2) is 23.5 Å². The van der Waals surface area contributed by atoms with E-state index in [9.17, 15) is 9.59 Å². The number of carboxylic acid groups (broad SMARTS) is 1. The Labute approximate surface area is 124 Å². The van der Waals surface area contributed by atoms with Gasteiger partial charge in [0, 0.05) is 18.2 Å². The van der Waals surface area contributed by atoms with Crippen molar-refractivity contribution in [1.29, 1.82) is 0 Å². The molecule has 4 heteroatoms. The Morgan fingerprint density at radius 1 is 1.10 bits per heavy atom. The molecule has 1 saturated carbocycles. The molecule has 21 heavy (non-hydrogen) atoms. The van der Waals surface area contributed by atoms with Gasteiger partial charge in [-0.25, -0.2) is 4.79 Å². The van der Waals surface area contributed by atoms with E-state index >= 15 is 0 Å². The maximum atomic E-state index is 12.7. The molecule has 1 amide bonds. The number of fused-ring (bicyclic) bond motifs is 1. The first-order valence-electron chi connectivity index (χ1n) is 7.84. The largest absolute Gasteiger partial charge is 0.478 e. The normalized spacial score (nSPS) is 19.1. The summed E-state index contributed by atoms with van der Waals surface area (Å²) in [7, 11) is 0. The van der Waals surface area contributed by atoms with Crippen molar-refractivity contribution in [2.45, 2.75) is 44.9 Å². The zero-order valence-corrected chi connectivity index (χ0v) is 12.2. The molecule has 0 saturated heterocycles. The number of hydrogen-bond acceptors (Lipinski definition) is 2. The highest BCUT2D eigenvalue weighted by atomic mass is 16.4. The third kappa shape index (κ3) is 2.80. The highest BCUT2D eigenvalue weighted by molar-refractivity contribution is 5.98. The van der Waals surface area contributed by atoms with E-state index in [-0.39, 0.29) is 11.8 Å². The van der Waals surface area contributed by atoms with Gasteiger partial charge in [0.2, 0.25) is 5.91 Å². The van der Waals surface area contributed by atoms with Crippen LogP contribution in [0.1, 0.15) is 54.4 Å². The maximum absolute atomic E-state index is 12.7. The molecular formula is C17H21NO3. The lowest BCUT2D eigenvalue weighted by Gasteiger charge is -2.23. The molecule has 1 heterocycles. The van der Waals surface area contributed by atoms with Crippen LogP contribution in [0.15, 0.2) is 18.2 Å². The molecule has 1 N–H and O–H groups in total. The fourth-order valence-corrected chi connectivity index (χ4v) is 3.51. The van der Waals surface area contributed by atoms with Gasteiger partial charge in [-0.1, -0.05) is 25.7 Å². The highest BCUT2D eigenvalue weighted by Crippen LogP contribution is 2.33. The van der Waals surface area contributed by atoms with E-state index in [0.717, 1.165) is 43.4 Å². The summed E-state index contributed by atoms with van der Waals surface area (Å²) in [5, 5.41) is 9.05. The zero-order chi connectivity index (χ0) is 14.8. The summed E-state index contributed by atoms with van der Waals surface area (Å²) in [4.78, 5) is 25.6. The van der Waals surface area contributed by atoms with Gasteiger partial charge in [-0.15, -0.1) is 0 Å². The molecule has 1 aromatic rings. The number of rotatable bonds is 2. The van der Waals surface area contributed by atoms with E-state index in [4.69, 9.17) is 5.11 Å². The average Bonchev–Trinajstić information content (AvgIpc) is 2.71.